The van der Waals surface area contributed by atoms with Crippen LogP contribution in [0.5, 0.6) is 5.75 Å². The third kappa shape index (κ3) is 4.10. The third-order valence-corrected chi connectivity index (χ3v) is 2.61. The van der Waals surface area contributed by atoms with Gasteiger partial charge in [0.15, 0.2) is 0 Å². The van der Waals surface area contributed by atoms with Crippen molar-refractivity contribution in [3.63, 3.8) is 0 Å². The van der Waals surface area contributed by atoms with E-state index in [0.29, 0.717) is 6.04 Å². The zero-order valence-corrected chi connectivity index (χ0v) is 9.63. The van der Waals surface area contributed by atoms with Crippen LogP contribution < -0.4 is 10.1 Å². The van der Waals surface area contributed by atoms with E-state index in [0.717, 1.165) is 18.9 Å². The smallest absolute Gasteiger partial charge is 0.119 e. The fraction of sp³-hybridized carbons (Fsp3) is 0.500. The minimum Gasteiger partial charge on any atom is -0.492 e. The second-order valence-electron chi connectivity index (χ2n) is 3.77. The van der Waals surface area contributed by atoms with Crippen LogP contribution >= 0.6 is 12.4 Å². The Labute approximate surface area is 97.4 Å². The third-order valence-electron chi connectivity index (χ3n) is 2.61. The van der Waals surface area contributed by atoms with Gasteiger partial charge in [-0.15, -0.1) is 12.4 Å². The number of ether oxygens (including phenoxy) is 1. The molecule has 0 aromatic heterocycles. The summed E-state index contributed by atoms with van der Waals surface area (Å²) >= 11 is 0. The summed E-state index contributed by atoms with van der Waals surface area (Å²) in [6.07, 6.45) is 3.88. The largest absolute Gasteiger partial charge is 0.492 e. The highest BCUT2D eigenvalue weighted by molar-refractivity contribution is 5.85. The van der Waals surface area contributed by atoms with Gasteiger partial charge >= 0.3 is 0 Å². The van der Waals surface area contributed by atoms with E-state index in [2.05, 4.69) is 5.32 Å². The van der Waals surface area contributed by atoms with Crippen molar-refractivity contribution in [2.75, 3.05) is 13.2 Å². The Morgan fingerprint density at radius 2 is 2.00 bits per heavy atom. The van der Waals surface area contributed by atoms with Gasteiger partial charge in [-0.3, -0.25) is 0 Å². The molecule has 2 rings (SSSR count). The van der Waals surface area contributed by atoms with E-state index in [-0.39, 0.29) is 12.4 Å². The van der Waals surface area contributed by atoms with Gasteiger partial charge in [0.05, 0.1) is 0 Å². The molecular weight excluding hydrogens is 210 g/mol. The average Bonchev–Trinajstić information content (AvgIpc) is 2.29. The van der Waals surface area contributed by atoms with E-state index in [1.54, 1.807) is 0 Å². The van der Waals surface area contributed by atoms with Crippen molar-refractivity contribution in [1.29, 1.82) is 0 Å². The van der Waals surface area contributed by atoms with E-state index in [1.807, 2.05) is 30.3 Å². The summed E-state index contributed by atoms with van der Waals surface area (Å²) in [5, 5.41) is 3.46. The molecule has 1 saturated heterocycles. The van der Waals surface area contributed by atoms with E-state index in [4.69, 9.17) is 4.74 Å². The standard InChI is InChI=1S/C12H17NO.ClH/c1-2-7-12(8-3-1)14-10-11-6-4-5-9-13-11;/h1-3,7-8,11,13H,4-6,9-10H2;1H. The monoisotopic (exact) mass is 227 g/mol. The summed E-state index contributed by atoms with van der Waals surface area (Å²) in [5.41, 5.74) is 0. The molecule has 1 atom stereocenters. The molecule has 15 heavy (non-hydrogen) atoms. The Morgan fingerprint density at radius 3 is 2.67 bits per heavy atom. The predicted octanol–water partition coefficient (Wildman–Crippen LogP) is 2.63. The van der Waals surface area contributed by atoms with Gasteiger partial charge in [-0.05, 0) is 31.5 Å². The van der Waals surface area contributed by atoms with Gasteiger partial charge in [-0.25, -0.2) is 0 Å². The van der Waals surface area contributed by atoms with Crippen LogP contribution in [0.3, 0.4) is 0 Å². The molecule has 1 aromatic rings. The molecule has 1 heterocycles. The van der Waals surface area contributed by atoms with Crippen LogP contribution in [0.2, 0.25) is 0 Å². The van der Waals surface area contributed by atoms with Crippen LogP contribution in [-0.2, 0) is 0 Å². The summed E-state index contributed by atoms with van der Waals surface area (Å²) in [4.78, 5) is 0. The van der Waals surface area contributed by atoms with Crippen LogP contribution in [0.1, 0.15) is 19.3 Å². The van der Waals surface area contributed by atoms with Crippen molar-refractivity contribution in [3.05, 3.63) is 30.3 Å². The maximum absolute atomic E-state index is 5.68. The molecule has 84 valence electrons. The summed E-state index contributed by atoms with van der Waals surface area (Å²) in [7, 11) is 0. The van der Waals surface area contributed by atoms with Gasteiger partial charge in [0.2, 0.25) is 0 Å². The molecule has 3 heteroatoms. The van der Waals surface area contributed by atoms with E-state index in [1.165, 1.54) is 19.3 Å². The highest BCUT2D eigenvalue weighted by Gasteiger charge is 2.12. The van der Waals surface area contributed by atoms with Crippen molar-refractivity contribution in [2.45, 2.75) is 25.3 Å². The van der Waals surface area contributed by atoms with E-state index >= 15 is 0 Å². The zero-order chi connectivity index (χ0) is 9.64. The lowest BCUT2D eigenvalue weighted by Gasteiger charge is -2.23. The number of hydrogen-bond acceptors (Lipinski definition) is 2. The molecule has 0 saturated carbocycles. The summed E-state index contributed by atoms with van der Waals surface area (Å²) in [5.74, 6) is 0.972. The summed E-state index contributed by atoms with van der Waals surface area (Å²) < 4.78 is 5.68. The quantitative estimate of drug-likeness (QED) is 0.857. The topological polar surface area (TPSA) is 21.3 Å². The molecule has 0 amide bonds. The number of nitrogens with one attached hydrogen (secondary N) is 1. The van der Waals surface area contributed by atoms with Crippen molar-refractivity contribution in [1.82, 2.24) is 5.32 Å². The Balaban J connectivity index is 0.00000112. The molecule has 0 radical (unpaired) electrons. The number of rotatable bonds is 3. The highest BCUT2D eigenvalue weighted by Crippen LogP contribution is 2.11. The lowest BCUT2D eigenvalue weighted by Crippen LogP contribution is -2.38. The summed E-state index contributed by atoms with van der Waals surface area (Å²) in [6, 6.07) is 10.6. The molecule has 1 N–H and O–H groups in total. The van der Waals surface area contributed by atoms with Crippen LogP contribution in [0.15, 0.2) is 30.3 Å². The van der Waals surface area contributed by atoms with Gasteiger partial charge in [0.1, 0.15) is 12.4 Å². The Hall–Kier alpha value is -0.730. The van der Waals surface area contributed by atoms with Gasteiger partial charge < -0.3 is 10.1 Å². The molecule has 1 unspecified atom stereocenters. The minimum atomic E-state index is 0. The molecule has 0 aliphatic carbocycles. The second kappa shape index (κ2) is 6.70. The second-order valence-corrected chi connectivity index (χ2v) is 3.77. The van der Waals surface area contributed by atoms with Gasteiger partial charge in [0.25, 0.3) is 0 Å². The molecule has 1 fully saturated rings. The Bertz CT molecular complexity index is 260. The first kappa shape index (κ1) is 12.3. The first-order valence-electron chi connectivity index (χ1n) is 5.36. The number of para-hydroxylation sites is 1. The fourth-order valence-electron chi connectivity index (χ4n) is 1.78. The number of hydrogen-bond donors (Lipinski definition) is 1. The minimum absolute atomic E-state index is 0. The maximum atomic E-state index is 5.68. The van der Waals surface area contributed by atoms with E-state index in [9.17, 15) is 0 Å². The summed E-state index contributed by atoms with van der Waals surface area (Å²) in [6.45, 7) is 1.94. The molecule has 0 bridgehead atoms. The van der Waals surface area contributed by atoms with Crippen molar-refractivity contribution < 1.29 is 4.74 Å². The lowest BCUT2D eigenvalue weighted by atomic mass is 10.1. The fourth-order valence-corrected chi connectivity index (χ4v) is 1.78. The first-order valence-corrected chi connectivity index (χ1v) is 5.36. The maximum Gasteiger partial charge on any atom is 0.119 e. The van der Waals surface area contributed by atoms with Crippen LogP contribution in [-0.4, -0.2) is 19.2 Å². The number of halogens is 1. The molecule has 1 aliphatic rings. The first-order chi connectivity index (χ1) is 6.95. The highest BCUT2D eigenvalue weighted by atomic mass is 35.5. The van der Waals surface area contributed by atoms with Gasteiger partial charge in [0, 0.05) is 6.04 Å². The zero-order valence-electron chi connectivity index (χ0n) is 8.82. The Morgan fingerprint density at radius 1 is 1.20 bits per heavy atom. The van der Waals surface area contributed by atoms with Crippen molar-refractivity contribution in [2.24, 2.45) is 0 Å². The van der Waals surface area contributed by atoms with Crippen LogP contribution in [0, 0.1) is 0 Å². The van der Waals surface area contributed by atoms with Crippen LogP contribution in [0.4, 0.5) is 0 Å². The average molecular weight is 228 g/mol. The molecule has 0 spiro atoms. The van der Waals surface area contributed by atoms with Crippen molar-refractivity contribution >= 4 is 12.4 Å². The normalized spacial score (nSPS) is 20.4. The van der Waals surface area contributed by atoms with E-state index < -0.39 is 0 Å². The number of piperidine rings is 1. The SMILES string of the molecule is Cl.c1ccc(OCC2CCCCN2)cc1. The molecule has 1 aliphatic heterocycles. The Kier molecular flexibility index (Phi) is 5.51. The predicted molar refractivity (Wildman–Crippen MR) is 64.8 cm³/mol. The molecule has 2 nitrogen and oxygen atoms in total. The molecule has 1 aromatic carbocycles. The molecular formula is C12H18ClNO. The number of benzene rings is 1. The van der Waals surface area contributed by atoms with Crippen LogP contribution in [0.25, 0.3) is 0 Å². The van der Waals surface area contributed by atoms with Crippen molar-refractivity contribution in [3.8, 4) is 5.75 Å². The lowest BCUT2D eigenvalue weighted by molar-refractivity contribution is 0.239. The van der Waals surface area contributed by atoms with Gasteiger partial charge in [-0.1, -0.05) is 24.6 Å². The van der Waals surface area contributed by atoms with Gasteiger partial charge in [-0.2, -0.15) is 0 Å².